The quantitative estimate of drug-likeness (QED) is 0.571. The van der Waals surface area contributed by atoms with Crippen LogP contribution in [0.3, 0.4) is 0 Å². The summed E-state index contributed by atoms with van der Waals surface area (Å²) in [6.07, 6.45) is 2.66. The molecular weight excluding hydrogens is 412 g/mol. The van der Waals surface area contributed by atoms with E-state index >= 15 is 0 Å². The molecule has 0 atom stereocenters. The number of nitrogens with one attached hydrogen (secondary N) is 2. The van der Waals surface area contributed by atoms with Crippen molar-refractivity contribution in [3.05, 3.63) is 107 Å². The maximum absolute atomic E-state index is 13.0. The fourth-order valence-corrected chi connectivity index (χ4v) is 4.41. The van der Waals surface area contributed by atoms with E-state index in [1.807, 2.05) is 53.4 Å². The average molecular weight is 437 g/mol. The Labute approximate surface area is 193 Å². The first-order valence-electron chi connectivity index (χ1n) is 11.0. The number of hydrogen-bond donors (Lipinski definition) is 2. The summed E-state index contributed by atoms with van der Waals surface area (Å²) in [6.45, 7) is 1.48. The molecule has 3 aromatic carbocycles. The van der Waals surface area contributed by atoms with Crippen LogP contribution in [0.15, 0.2) is 84.6 Å². The Kier molecular flexibility index (Phi) is 5.79. The number of hydroxylamine groups is 1. The van der Waals surface area contributed by atoms with Gasteiger partial charge in [0.1, 0.15) is 0 Å². The molecule has 164 valence electrons. The van der Waals surface area contributed by atoms with Crippen molar-refractivity contribution in [1.82, 2.24) is 15.7 Å². The van der Waals surface area contributed by atoms with Crippen molar-refractivity contribution in [1.29, 1.82) is 5.26 Å². The van der Waals surface area contributed by atoms with Gasteiger partial charge in [-0.1, -0.05) is 60.7 Å². The SMILES string of the molecule is N#Cc1cccc(CONC2=CCN(C(=O)NC3c4ccccc4-c4ccccc43)CC2)c1. The average Bonchev–Trinajstić information content (AvgIpc) is 3.18. The summed E-state index contributed by atoms with van der Waals surface area (Å²) in [5, 5.41) is 12.2. The molecule has 6 nitrogen and oxygen atoms in total. The second kappa shape index (κ2) is 9.19. The van der Waals surface area contributed by atoms with Crippen LogP contribution in [0, 0.1) is 11.3 Å². The highest BCUT2D eigenvalue weighted by atomic mass is 16.6. The molecule has 1 aliphatic carbocycles. The third kappa shape index (κ3) is 4.32. The molecule has 1 heterocycles. The molecule has 2 amide bonds. The van der Waals surface area contributed by atoms with Gasteiger partial charge < -0.3 is 10.2 Å². The van der Waals surface area contributed by atoms with Crippen LogP contribution in [-0.4, -0.2) is 24.0 Å². The van der Waals surface area contributed by atoms with Gasteiger partial charge in [0.15, 0.2) is 0 Å². The fourth-order valence-electron chi connectivity index (χ4n) is 4.41. The molecular formula is C27H24N4O2. The van der Waals surface area contributed by atoms with Gasteiger partial charge in [-0.05, 0) is 46.0 Å². The van der Waals surface area contributed by atoms with E-state index in [4.69, 9.17) is 10.1 Å². The molecule has 1 aliphatic heterocycles. The van der Waals surface area contributed by atoms with Crippen LogP contribution in [0.1, 0.15) is 34.7 Å². The number of carbonyl (C=O) groups is 1. The number of nitriles is 1. The van der Waals surface area contributed by atoms with Gasteiger partial charge in [0.25, 0.3) is 0 Å². The zero-order valence-electron chi connectivity index (χ0n) is 18.1. The van der Waals surface area contributed by atoms with Gasteiger partial charge in [-0.15, -0.1) is 0 Å². The van der Waals surface area contributed by atoms with E-state index in [9.17, 15) is 4.79 Å². The van der Waals surface area contributed by atoms with Gasteiger partial charge in [0.2, 0.25) is 0 Å². The second-order valence-corrected chi connectivity index (χ2v) is 8.19. The van der Waals surface area contributed by atoms with Gasteiger partial charge in [-0.3, -0.25) is 10.3 Å². The second-order valence-electron chi connectivity index (χ2n) is 8.19. The number of rotatable bonds is 5. The highest BCUT2D eigenvalue weighted by Gasteiger charge is 2.30. The van der Waals surface area contributed by atoms with Gasteiger partial charge in [-0.25, -0.2) is 4.79 Å². The highest BCUT2D eigenvalue weighted by Crippen LogP contribution is 2.43. The molecule has 33 heavy (non-hydrogen) atoms. The molecule has 2 N–H and O–H groups in total. The predicted molar refractivity (Wildman–Crippen MR) is 126 cm³/mol. The number of urea groups is 1. The molecule has 0 saturated carbocycles. The van der Waals surface area contributed by atoms with Crippen molar-refractivity contribution in [2.24, 2.45) is 0 Å². The lowest BCUT2D eigenvalue weighted by Crippen LogP contribution is -2.44. The van der Waals surface area contributed by atoms with Crippen molar-refractivity contribution in [3.8, 4) is 17.2 Å². The van der Waals surface area contributed by atoms with E-state index in [-0.39, 0.29) is 12.1 Å². The number of amides is 2. The molecule has 0 radical (unpaired) electrons. The molecule has 0 bridgehead atoms. The normalized spacial score (nSPS) is 14.6. The molecule has 3 aromatic rings. The Morgan fingerprint density at radius 1 is 1.03 bits per heavy atom. The van der Waals surface area contributed by atoms with Gasteiger partial charge in [0, 0.05) is 25.2 Å². The lowest BCUT2D eigenvalue weighted by atomic mass is 10.1. The number of carbonyl (C=O) groups excluding carboxylic acids is 1. The Morgan fingerprint density at radius 2 is 1.76 bits per heavy atom. The summed E-state index contributed by atoms with van der Waals surface area (Å²) in [6, 6.07) is 25.7. The molecule has 0 aromatic heterocycles. The largest absolute Gasteiger partial charge is 0.327 e. The minimum atomic E-state index is -0.138. The van der Waals surface area contributed by atoms with E-state index in [1.165, 1.54) is 11.1 Å². The van der Waals surface area contributed by atoms with Crippen LogP contribution in [0.4, 0.5) is 4.79 Å². The summed E-state index contributed by atoms with van der Waals surface area (Å²) in [5.74, 6) is 0. The first kappa shape index (κ1) is 20.8. The Balaban J connectivity index is 1.18. The van der Waals surface area contributed by atoms with Crippen LogP contribution < -0.4 is 10.8 Å². The van der Waals surface area contributed by atoms with E-state index in [0.717, 1.165) is 22.4 Å². The Bertz CT molecular complexity index is 1220. The van der Waals surface area contributed by atoms with E-state index < -0.39 is 0 Å². The number of hydrogen-bond acceptors (Lipinski definition) is 4. The number of nitrogens with zero attached hydrogens (tertiary/aromatic N) is 2. The van der Waals surface area contributed by atoms with E-state index in [2.05, 4.69) is 41.1 Å². The smallest absolute Gasteiger partial charge is 0.318 e. The molecule has 2 aliphatic rings. The zero-order chi connectivity index (χ0) is 22.6. The number of fused-ring (bicyclic) bond motifs is 3. The van der Waals surface area contributed by atoms with Crippen molar-refractivity contribution < 1.29 is 9.63 Å². The van der Waals surface area contributed by atoms with Crippen molar-refractivity contribution in [2.45, 2.75) is 19.1 Å². The lowest BCUT2D eigenvalue weighted by molar-refractivity contribution is 0.0446. The summed E-state index contributed by atoms with van der Waals surface area (Å²) < 4.78 is 0. The molecule has 0 fully saturated rings. The van der Waals surface area contributed by atoms with Crippen LogP contribution in [0.5, 0.6) is 0 Å². The first-order valence-corrected chi connectivity index (χ1v) is 11.0. The fraction of sp³-hybridized carbons (Fsp3) is 0.185. The molecule has 0 unspecified atom stereocenters. The molecule has 5 rings (SSSR count). The third-order valence-electron chi connectivity index (χ3n) is 6.10. The summed E-state index contributed by atoms with van der Waals surface area (Å²) in [5.41, 5.74) is 10.1. The topological polar surface area (TPSA) is 77.4 Å². The van der Waals surface area contributed by atoms with Gasteiger partial charge in [0.05, 0.1) is 24.3 Å². The standard InChI is InChI=1S/C27H24N4O2/c28-17-19-6-5-7-20(16-19)18-33-30-21-12-14-31(15-13-21)27(32)29-26-24-10-3-1-8-22(24)23-9-2-4-11-25(23)26/h1-12,16,26,30H,13-15,18H2,(H,29,32). The first-order chi connectivity index (χ1) is 16.2. The molecule has 0 saturated heterocycles. The van der Waals surface area contributed by atoms with Crippen LogP contribution >= 0.6 is 0 Å². The Morgan fingerprint density at radius 3 is 2.42 bits per heavy atom. The summed E-state index contributed by atoms with van der Waals surface area (Å²) in [4.78, 5) is 20.5. The van der Waals surface area contributed by atoms with Crippen LogP contribution in [0.2, 0.25) is 0 Å². The van der Waals surface area contributed by atoms with Crippen LogP contribution in [-0.2, 0) is 11.4 Å². The van der Waals surface area contributed by atoms with Gasteiger partial charge >= 0.3 is 6.03 Å². The van der Waals surface area contributed by atoms with Crippen molar-refractivity contribution in [2.75, 3.05) is 13.1 Å². The van der Waals surface area contributed by atoms with Crippen molar-refractivity contribution in [3.63, 3.8) is 0 Å². The zero-order valence-corrected chi connectivity index (χ0v) is 18.1. The monoisotopic (exact) mass is 436 g/mol. The van der Waals surface area contributed by atoms with Crippen LogP contribution in [0.25, 0.3) is 11.1 Å². The van der Waals surface area contributed by atoms with E-state index in [1.54, 1.807) is 6.07 Å². The lowest BCUT2D eigenvalue weighted by Gasteiger charge is -2.28. The minimum Gasteiger partial charge on any atom is -0.327 e. The number of benzene rings is 3. The molecule has 6 heteroatoms. The maximum atomic E-state index is 13.0. The third-order valence-corrected chi connectivity index (χ3v) is 6.10. The minimum absolute atomic E-state index is 0.0731. The highest BCUT2D eigenvalue weighted by molar-refractivity contribution is 5.82. The molecule has 0 spiro atoms. The Hall–Kier alpha value is -4.08. The maximum Gasteiger partial charge on any atom is 0.318 e. The summed E-state index contributed by atoms with van der Waals surface area (Å²) in [7, 11) is 0. The predicted octanol–water partition coefficient (Wildman–Crippen LogP) is 4.65. The van der Waals surface area contributed by atoms with Gasteiger partial charge in [-0.2, -0.15) is 5.26 Å². The van der Waals surface area contributed by atoms with E-state index in [0.29, 0.717) is 31.7 Å². The van der Waals surface area contributed by atoms with Crippen molar-refractivity contribution >= 4 is 6.03 Å². The summed E-state index contributed by atoms with van der Waals surface area (Å²) >= 11 is 0.